The molecule has 4 aliphatic rings. The number of ether oxygens (including phenoxy) is 5. The molecule has 2 bridgehead atoms. The molecule has 3 N–H and O–H groups in total. The van der Waals surface area contributed by atoms with Gasteiger partial charge in [0.05, 0.1) is 24.4 Å². The molecule has 3 fully saturated rings. The molecule has 0 aromatic carbocycles. The number of ketones is 3. The van der Waals surface area contributed by atoms with Crippen molar-refractivity contribution in [2.45, 2.75) is 186 Å². The highest BCUT2D eigenvalue weighted by molar-refractivity contribution is 6.39. The molecule has 15 unspecified atom stereocenters. The van der Waals surface area contributed by atoms with Crippen molar-refractivity contribution in [3.05, 3.63) is 47.6 Å². The lowest BCUT2D eigenvalue weighted by Gasteiger charge is -2.43. The van der Waals surface area contributed by atoms with Crippen LogP contribution >= 0.6 is 0 Å². The van der Waals surface area contributed by atoms with Gasteiger partial charge in [0.2, 0.25) is 5.79 Å². The van der Waals surface area contributed by atoms with Crippen molar-refractivity contribution in [1.82, 2.24) is 4.90 Å². The number of aliphatic hydroxyl groups is 3. The van der Waals surface area contributed by atoms with Crippen molar-refractivity contribution < 1.29 is 63.0 Å². The number of carbonyl (C=O) groups excluding carboxylic acids is 5. The fraction of sp³-hybridized carbons (Fsp3) is 0.750. The number of Topliss-reactive ketones (excluding diaryl/α,β-unsaturated/α-hetero) is 3. The third-order valence-electron chi connectivity index (χ3n) is 14.8. The fourth-order valence-corrected chi connectivity index (χ4v) is 10.5. The average molecular weight is 928 g/mol. The van der Waals surface area contributed by atoms with Crippen molar-refractivity contribution in [2.75, 3.05) is 27.9 Å². The van der Waals surface area contributed by atoms with E-state index in [1.54, 1.807) is 34.1 Å². The van der Waals surface area contributed by atoms with E-state index in [4.69, 9.17) is 23.7 Å². The fourth-order valence-electron chi connectivity index (χ4n) is 10.5. The van der Waals surface area contributed by atoms with Gasteiger partial charge in [-0.05, 0) is 113 Å². The van der Waals surface area contributed by atoms with Crippen LogP contribution in [0.4, 0.5) is 0 Å². The topological polar surface area (TPSA) is 195 Å². The van der Waals surface area contributed by atoms with E-state index in [1.807, 2.05) is 65.0 Å². The number of cyclic esters (lactones) is 1. The maximum atomic E-state index is 14.4. The van der Waals surface area contributed by atoms with E-state index < -0.39 is 83.9 Å². The predicted octanol–water partition coefficient (Wildman–Crippen LogP) is 6.57. The Hall–Kier alpha value is -3.37. The zero-order valence-corrected chi connectivity index (χ0v) is 41.3. The first-order valence-electron chi connectivity index (χ1n) is 24.5. The normalized spacial score (nSPS) is 37.4. The molecule has 372 valence electrons. The van der Waals surface area contributed by atoms with Gasteiger partial charge in [-0.15, -0.1) is 0 Å². The van der Waals surface area contributed by atoms with Gasteiger partial charge in [-0.1, -0.05) is 71.1 Å². The van der Waals surface area contributed by atoms with Gasteiger partial charge in [0.25, 0.3) is 11.7 Å². The summed E-state index contributed by atoms with van der Waals surface area (Å²) in [5.41, 5.74) is 1.27. The van der Waals surface area contributed by atoms with Crippen molar-refractivity contribution in [3.8, 4) is 0 Å². The highest BCUT2D eigenvalue weighted by atomic mass is 16.6. The van der Waals surface area contributed by atoms with E-state index in [1.165, 1.54) is 12.0 Å². The average Bonchev–Trinajstić information content (AvgIpc) is 3.29. The summed E-state index contributed by atoms with van der Waals surface area (Å²) in [6.45, 7) is 12.9. The van der Waals surface area contributed by atoms with Crippen LogP contribution < -0.4 is 0 Å². The summed E-state index contributed by atoms with van der Waals surface area (Å²) in [6, 6.07) is -1.14. The number of carbonyl (C=O) groups is 5. The molecule has 0 spiro atoms. The zero-order valence-electron chi connectivity index (χ0n) is 41.3. The SMILES string of the molecule is CCC1CCC2CC(OC)C(C)=CC=CC=CC(C)CC(C)C(=O)C(OC)C(O)C(C)=CC(C)C(=O)CC(C(C)CC3CCC(O)C(OC)C3)OC(=O)C3CCCCN3C(=O)C(=O)C1(O)O2. The number of fused-ring (bicyclic) bond motifs is 3. The molecule has 2 saturated heterocycles. The van der Waals surface area contributed by atoms with Crippen LogP contribution in [0.3, 0.4) is 0 Å². The molecular weight excluding hydrogens is 847 g/mol. The number of hydrogen-bond acceptors (Lipinski definition) is 13. The monoisotopic (exact) mass is 928 g/mol. The van der Waals surface area contributed by atoms with Crippen LogP contribution in [-0.4, -0.2) is 132 Å². The largest absolute Gasteiger partial charge is 0.460 e. The lowest BCUT2D eigenvalue weighted by Crippen LogP contribution is -2.61. The number of allylic oxidation sites excluding steroid dienone is 6. The minimum absolute atomic E-state index is 0.0189. The second kappa shape index (κ2) is 25.8. The van der Waals surface area contributed by atoms with Gasteiger partial charge in [0.1, 0.15) is 30.1 Å². The van der Waals surface area contributed by atoms with Crippen LogP contribution in [-0.2, 0) is 47.7 Å². The van der Waals surface area contributed by atoms with Gasteiger partial charge in [0, 0.05) is 58.5 Å². The number of rotatable bonds is 7. The Morgan fingerprint density at radius 3 is 2.26 bits per heavy atom. The standard InChI is InChI=1S/C52H81NO13/c1-11-38-21-22-39-29-43(62-8)32(3)18-14-12-13-17-31(2)25-35(6)46(56)48(64-10)47(57)36(7)26-33(4)42(55)30-44(34(5)27-37-20-23-41(54)45(28-37)63-9)65-51(60)40-19-15-16-24-53(40)50(59)49(58)52(38,61)66-39/h12-14,17-18,26,31,33-35,37-41,43-45,47-48,54,57,61H,11,15-16,19-25,27-30H2,1-10H3. The Morgan fingerprint density at radius 2 is 1.59 bits per heavy atom. The molecule has 3 aliphatic heterocycles. The summed E-state index contributed by atoms with van der Waals surface area (Å²) in [4.78, 5) is 72.2. The number of esters is 1. The minimum atomic E-state index is -2.42. The number of amides is 1. The molecule has 4 rings (SSSR count). The smallest absolute Gasteiger partial charge is 0.329 e. The van der Waals surface area contributed by atoms with Gasteiger partial charge in [-0.2, -0.15) is 0 Å². The van der Waals surface area contributed by atoms with Crippen LogP contribution in [0, 0.1) is 35.5 Å². The van der Waals surface area contributed by atoms with Crippen molar-refractivity contribution in [1.29, 1.82) is 0 Å². The predicted molar refractivity (Wildman–Crippen MR) is 250 cm³/mol. The van der Waals surface area contributed by atoms with E-state index >= 15 is 0 Å². The molecule has 0 aromatic rings. The molecule has 66 heavy (non-hydrogen) atoms. The Kier molecular flexibility index (Phi) is 21.6. The Morgan fingerprint density at radius 1 is 0.864 bits per heavy atom. The van der Waals surface area contributed by atoms with Crippen molar-refractivity contribution in [3.63, 3.8) is 0 Å². The molecule has 1 saturated carbocycles. The maximum absolute atomic E-state index is 14.4. The molecule has 0 aromatic heterocycles. The number of methoxy groups -OCH3 is 3. The molecule has 0 radical (unpaired) electrons. The van der Waals surface area contributed by atoms with Crippen LogP contribution in [0.2, 0.25) is 0 Å². The Labute approximate surface area is 393 Å². The summed E-state index contributed by atoms with van der Waals surface area (Å²) in [7, 11) is 4.53. The second-order valence-electron chi connectivity index (χ2n) is 19.8. The summed E-state index contributed by atoms with van der Waals surface area (Å²) in [6.07, 6.45) is 11.6. The molecule has 1 amide bonds. The highest BCUT2D eigenvalue weighted by Gasteiger charge is 2.54. The lowest BCUT2D eigenvalue weighted by molar-refractivity contribution is -0.269. The molecule has 1 aliphatic carbocycles. The molecule has 3 heterocycles. The third-order valence-corrected chi connectivity index (χ3v) is 14.8. The lowest BCUT2D eigenvalue weighted by atomic mass is 9.78. The van der Waals surface area contributed by atoms with Crippen LogP contribution in [0.25, 0.3) is 0 Å². The Bertz CT molecular complexity index is 1770. The number of piperidine rings is 1. The summed E-state index contributed by atoms with van der Waals surface area (Å²) in [5, 5.41) is 34.1. The van der Waals surface area contributed by atoms with Crippen LogP contribution in [0.5, 0.6) is 0 Å². The van der Waals surface area contributed by atoms with E-state index in [9.17, 15) is 39.3 Å². The zero-order chi connectivity index (χ0) is 48.9. The summed E-state index contributed by atoms with van der Waals surface area (Å²) >= 11 is 0. The number of hydrogen-bond donors (Lipinski definition) is 3. The van der Waals surface area contributed by atoms with Crippen molar-refractivity contribution in [2.24, 2.45) is 35.5 Å². The van der Waals surface area contributed by atoms with Gasteiger partial charge < -0.3 is 43.9 Å². The van der Waals surface area contributed by atoms with E-state index in [0.717, 1.165) is 12.0 Å². The number of aliphatic hydroxyl groups excluding tert-OH is 2. The second-order valence-corrected chi connectivity index (χ2v) is 19.8. The first kappa shape index (κ1) is 55.2. The summed E-state index contributed by atoms with van der Waals surface area (Å²) < 4.78 is 29.5. The molecule has 15 atom stereocenters. The van der Waals surface area contributed by atoms with Gasteiger partial charge in [-0.25, -0.2) is 4.79 Å². The van der Waals surface area contributed by atoms with Gasteiger partial charge >= 0.3 is 5.97 Å². The molecule has 14 heteroatoms. The maximum Gasteiger partial charge on any atom is 0.329 e. The third kappa shape index (κ3) is 14.3. The van der Waals surface area contributed by atoms with E-state index in [-0.39, 0.29) is 54.8 Å². The van der Waals surface area contributed by atoms with Gasteiger partial charge in [0.15, 0.2) is 5.78 Å². The van der Waals surface area contributed by atoms with E-state index in [2.05, 4.69) is 0 Å². The molecular formula is C52H81NO13. The van der Waals surface area contributed by atoms with Gasteiger partial charge in [-0.3, -0.25) is 19.2 Å². The van der Waals surface area contributed by atoms with Crippen LogP contribution in [0.15, 0.2) is 47.6 Å². The minimum Gasteiger partial charge on any atom is -0.460 e. The Balaban J connectivity index is 1.72. The first-order chi connectivity index (χ1) is 31.3. The van der Waals surface area contributed by atoms with Crippen LogP contribution in [0.1, 0.15) is 132 Å². The quantitative estimate of drug-likeness (QED) is 0.141. The van der Waals surface area contributed by atoms with Crippen molar-refractivity contribution >= 4 is 29.2 Å². The summed E-state index contributed by atoms with van der Waals surface area (Å²) in [5.74, 6) is -7.87. The first-order valence-corrected chi connectivity index (χ1v) is 24.5. The highest BCUT2D eigenvalue weighted by Crippen LogP contribution is 2.39. The van der Waals surface area contributed by atoms with E-state index in [0.29, 0.717) is 69.8 Å². The molecule has 14 nitrogen and oxygen atoms in total. The number of nitrogens with zero attached hydrogens (tertiary/aromatic N) is 1.